The molecule has 5 nitrogen and oxygen atoms in total. The van der Waals surface area contributed by atoms with Crippen LogP contribution in [0.2, 0.25) is 0 Å². The molecule has 0 saturated heterocycles. The molecule has 0 amide bonds. The van der Waals surface area contributed by atoms with Crippen LogP contribution in [-0.4, -0.2) is 14.1 Å². The summed E-state index contributed by atoms with van der Waals surface area (Å²) in [6.07, 6.45) is 3.74. The summed E-state index contributed by atoms with van der Waals surface area (Å²) in [7, 11) is 1.62. The Balaban J connectivity index is 2.23. The normalized spacial score (nSPS) is 10.4. The lowest BCUT2D eigenvalue weighted by atomic mass is 10.3. The van der Waals surface area contributed by atoms with E-state index in [9.17, 15) is 9.59 Å². The third-order valence-electron chi connectivity index (χ3n) is 2.56. The maximum absolute atomic E-state index is 11.7. The Kier molecular flexibility index (Phi) is 3.18. The average molecular weight is 231 g/mol. The predicted octanol–water partition coefficient (Wildman–Crippen LogP) is 0.185. The van der Waals surface area contributed by atoms with E-state index in [2.05, 4.69) is 4.98 Å². The van der Waals surface area contributed by atoms with Gasteiger partial charge in [0.05, 0.1) is 0 Å². The summed E-state index contributed by atoms with van der Waals surface area (Å²) in [5, 5.41) is 0. The molecule has 2 heterocycles. The molecule has 2 aromatic heterocycles. The number of pyridine rings is 1. The molecule has 17 heavy (non-hydrogen) atoms. The first-order chi connectivity index (χ1) is 8.18. The lowest BCUT2D eigenvalue weighted by Crippen LogP contribution is -2.38. The standard InChI is InChI=1S/C12H13N3O2/c1-14-8-6-11(16)15(12(14)17)9-5-10-4-2-3-7-13-10/h2-4,6-8H,5,9H2,1H3. The van der Waals surface area contributed by atoms with Crippen molar-refractivity contribution in [2.75, 3.05) is 0 Å². The molecule has 0 N–H and O–H groups in total. The molecule has 0 fully saturated rings. The summed E-state index contributed by atoms with van der Waals surface area (Å²) in [4.78, 5) is 27.4. The number of rotatable bonds is 3. The van der Waals surface area contributed by atoms with Gasteiger partial charge in [0.2, 0.25) is 0 Å². The molecular weight excluding hydrogens is 218 g/mol. The maximum atomic E-state index is 11.7. The maximum Gasteiger partial charge on any atom is 0.330 e. The van der Waals surface area contributed by atoms with E-state index in [1.54, 1.807) is 13.2 Å². The minimum atomic E-state index is -0.298. The molecule has 0 saturated carbocycles. The molecule has 88 valence electrons. The highest BCUT2D eigenvalue weighted by atomic mass is 16.2. The van der Waals surface area contributed by atoms with Crippen molar-refractivity contribution in [1.29, 1.82) is 0 Å². The van der Waals surface area contributed by atoms with Crippen LogP contribution < -0.4 is 11.2 Å². The molecule has 0 aliphatic rings. The van der Waals surface area contributed by atoms with Crippen molar-refractivity contribution in [2.45, 2.75) is 13.0 Å². The molecule has 2 rings (SSSR count). The molecule has 0 aliphatic heterocycles. The molecule has 0 unspecified atom stereocenters. The summed E-state index contributed by atoms with van der Waals surface area (Å²) in [5.41, 5.74) is 0.294. The molecule has 0 atom stereocenters. The SMILES string of the molecule is Cn1ccc(=O)n(CCc2ccccn2)c1=O. The zero-order chi connectivity index (χ0) is 12.3. The highest BCUT2D eigenvalue weighted by Crippen LogP contribution is 1.95. The van der Waals surface area contributed by atoms with Gasteiger partial charge in [0.15, 0.2) is 0 Å². The van der Waals surface area contributed by atoms with E-state index in [4.69, 9.17) is 0 Å². The van der Waals surface area contributed by atoms with Gasteiger partial charge in [-0.3, -0.25) is 14.3 Å². The lowest BCUT2D eigenvalue weighted by Gasteiger charge is -2.05. The van der Waals surface area contributed by atoms with Gasteiger partial charge < -0.3 is 4.57 Å². The second-order valence-electron chi connectivity index (χ2n) is 3.77. The van der Waals surface area contributed by atoms with Crippen LogP contribution in [-0.2, 0) is 20.0 Å². The van der Waals surface area contributed by atoms with Crippen LogP contribution in [0.15, 0.2) is 46.2 Å². The van der Waals surface area contributed by atoms with Gasteiger partial charge in [-0.25, -0.2) is 4.79 Å². The Bertz CT molecular complexity index is 614. The highest BCUT2D eigenvalue weighted by Gasteiger charge is 2.03. The summed E-state index contributed by atoms with van der Waals surface area (Å²) in [6.45, 7) is 0.351. The van der Waals surface area contributed by atoms with E-state index < -0.39 is 0 Å². The van der Waals surface area contributed by atoms with Crippen molar-refractivity contribution < 1.29 is 0 Å². The lowest BCUT2D eigenvalue weighted by molar-refractivity contribution is 0.585. The number of aryl methyl sites for hydroxylation is 2. The van der Waals surface area contributed by atoms with Crippen molar-refractivity contribution in [3.63, 3.8) is 0 Å². The minimum Gasteiger partial charge on any atom is -0.303 e. The van der Waals surface area contributed by atoms with Gasteiger partial charge in [-0.1, -0.05) is 6.07 Å². The van der Waals surface area contributed by atoms with Crippen LogP contribution in [0.3, 0.4) is 0 Å². The Morgan fingerprint density at radius 1 is 1.24 bits per heavy atom. The first-order valence-corrected chi connectivity index (χ1v) is 5.35. The molecular formula is C12H13N3O2. The van der Waals surface area contributed by atoms with Crippen LogP contribution in [0.4, 0.5) is 0 Å². The molecule has 2 aromatic rings. The van der Waals surface area contributed by atoms with E-state index >= 15 is 0 Å². The zero-order valence-electron chi connectivity index (χ0n) is 9.54. The predicted molar refractivity (Wildman–Crippen MR) is 63.9 cm³/mol. The van der Waals surface area contributed by atoms with Gasteiger partial charge in [-0.05, 0) is 12.1 Å². The molecule has 0 aromatic carbocycles. The summed E-state index contributed by atoms with van der Waals surface area (Å²) < 4.78 is 2.61. The number of hydrogen-bond acceptors (Lipinski definition) is 3. The Morgan fingerprint density at radius 3 is 2.76 bits per heavy atom. The van der Waals surface area contributed by atoms with E-state index in [0.29, 0.717) is 13.0 Å². The van der Waals surface area contributed by atoms with E-state index in [1.807, 2.05) is 18.2 Å². The van der Waals surface area contributed by atoms with Crippen molar-refractivity contribution in [3.8, 4) is 0 Å². The zero-order valence-corrected chi connectivity index (χ0v) is 9.54. The monoisotopic (exact) mass is 231 g/mol. The van der Waals surface area contributed by atoms with Gasteiger partial charge in [0, 0.05) is 44.2 Å². The van der Waals surface area contributed by atoms with E-state index in [0.717, 1.165) is 5.69 Å². The minimum absolute atomic E-state index is 0.274. The van der Waals surface area contributed by atoms with Gasteiger partial charge in [0.1, 0.15) is 0 Å². The highest BCUT2D eigenvalue weighted by molar-refractivity contribution is 5.03. The van der Waals surface area contributed by atoms with Crippen LogP contribution >= 0.6 is 0 Å². The summed E-state index contributed by atoms with van der Waals surface area (Å²) >= 11 is 0. The molecule has 0 aliphatic carbocycles. The Morgan fingerprint density at radius 2 is 2.06 bits per heavy atom. The van der Waals surface area contributed by atoms with Gasteiger partial charge in [0.25, 0.3) is 5.56 Å². The molecule has 0 spiro atoms. The fourth-order valence-electron chi connectivity index (χ4n) is 1.59. The number of nitrogens with zero attached hydrogens (tertiary/aromatic N) is 3. The number of aromatic nitrogens is 3. The van der Waals surface area contributed by atoms with Gasteiger partial charge in [-0.2, -0.15) is 0 Å². The quantitative estimate of drug-likeness (QED) is 0.757. The largest absolute Gasteiger partial charge is 0.330 e. The fraction of sp³-hybridized carbons (Fsp3) is 0.250. The second kappa shape index (κ2) is 4.78. The molecule has 5 heteroatoms. The van der Waals surface area contributed by atoms with Crippen molar-refractivity contribution >= 4 is 0 Å². The van der Waals surface area contributed by atoms with Crippen LogP contribution in [0, 0.1) is 0 Å². The van der Waals surface area contributed by atoms with E-state index in [-0.39, 0.29) is 11.2 Å². The number of hydrogen-bond donors (Lipinski definition) is 0. The Hall–Kier alpha value is -2.17. The van der Waals surface area contributed by atoms with Crippen LogP contribution in [0.25, 0.3) is 0 Å². The third kappa shape index (κ3) is 2.50. The summed E-state index contributed by atoms with van der Waals surface area (Å²) in [5.74, 6) is 0. The average Bonchev–Trinajstić information content (AvgIpc) is 2.35. The topological polar surface area (TPSA) is 56.9 Å². The molecule has 0 radical (unpaired) electrons. The first-order valence-electron chi connectivity index (χ1n) is 5.35. The smallest absolute Gasteiger partial charge is 0.303 e. The van der Waals surface area contributed by atoms with Crippen molar-refractivity contribution in [1.82, 2.24) is 14.1 Å². The van der Waals surface area contributed by atoms with Gasteiger partial charge in [-0.15, -0.1) is 0 Å². The third-order valence-corrected chi connectivity index (χ3v) is 2.56. The van der Waals surface area contributed by atoms with Crippen molar-refractivity contribution in [3.05, 3.63) is 63.2 Å². The Labute approximate surface area is 98.0 Å². The fourth-order valence-corrected chi connectivity index (χ4v) is 1.59. The van der Waals surface area contributed by atoms with Gasteiger partial charge >= 0.3 is 5.69 Å². The summed E-state index contributed by atoms with van der Waals surface area (Å²) in [6, 6.07) is 6.98. The van der Waals surface area contributed by atoms with Crippen molar-refractivity contribution in [2.24, 2.45) is 7.05 Å². The first kappa shape index (κ1) is 11.3. The molecule has 0 bridgehead atoms. The second-order valence-corrected chi connectivity index (χ2v) is 3.77. The van der Waals surface area contributed by atoms with Crippen LogP contribution in [0.1, 0.15) is 5.69 Å². The van der Waals surface area contributed by atoms with E-state index in [1.165, 1.54) is 21.4 Å². The van der Waals surface area contributed by atoms with Crippen LogP contribution in [0.5, 0.6) is 0 Å².